The molecular formula is C13H17BrN4S. The maximum atomic E-state index is 4.49. The summed E-state index contributed by atoms with van der Waals surface area (Å²) in [4.78, 5) is 13.3. The Morgan fingerprint density at radius 3 is 2.79 bits per heavy atom. The van der Waals surface area contributed by atoms with Gasteiger partial charge in [-0.05, 0) is 29.3 Å². The van der Waals surface area contributed by atoms with Crippen LogP contribution < -0.4 is 5.32 Å². The van der Waals surface area contributed by atoms with Gasteiger partial charge in [-0.15, -0.1) is 11.3 Å². The Hall–Kier alpha value is -1.01. The van der Waals surface area contributed by atoms with E-state index in [0.717, 1.165) is 52.8 Å². The van der Waals surface area contributed by atoms with Crippen LogP contribution in [0.2, 0.25) is 0 Å². The largest absolute Gasteiger partial charge is 0.370 e. The lowest BCUT2D eigenvalue weighted by Crippen LogP contribution is -2.08. The molecule has 0 aromatic carbocycles. The predicted molar refractivity (Wildman–Crippen MR) is 82.8 cm³/mol. The highest BCUT2D eigenvalue weighted by Gasteiger charge is 2.03. The number of rotatable bonds is 6. The second-order valence-electron chi connectivity index (χ2n) is 4.30. The van der Waals surface area contributed by atoms with Crippen LogP contribution in [0, 0.1) is 6.92 Å². The molecule has 0 unspecified atom stereocenters. The molecule has 4 nitrogen and oxygen atoms in total. The molecule has 2 aromatic heterocycles. The van der Waals surface area contributed by atoms with Gasteiger partial charge in [0.05, 0.1) is 5.01 Å². The summed E-state index contributed by atoms with van der Waals surface area (Å²) < 4.78 is 0.832. The molecule has 2 aromatic rings. The van der Waals surface area contributed by atoms with Crippen molar-refractivity contribution in [1.82, 2.24) is 15.0 Å². The molecule has 0 bridgehead atoms. The van der Waals surface area contributed by atoms with Gasteiger partial charge in [0.15, 0.2) is 0 Å². The Balaban J connectivity index is 1.91. The van der Waals surface area contributed by atoms with Gasteiger partial charge in [0, 0.05) is 36.5 Å². The van der Waals surface area contributed by atoms with Gasteiger partial charge in [-0.3, -0.25) is 0 Å². The van der Waals surface area contributed by atoms with E-state index in [9.17, 15) is 0 Å². The fourth-order valence-electron chi connectivity index (χ4n) is 1.71. The van der Waals surface area contributed by atoms with Gasteiger partial charge in [0.1, 0.15) is 16.2 Å². The number of hydrogen-bond acceptors (Lipinski definition) is 5. The fraction of sp³-hybridized carbons (Fsp3) is 0.462. The van der Waals surface area contributed by atoms with Gasteiger partial charge < -0.3 is 5.32 Å². The zero-order valence-corrected chi connectivity index (χ0v) is 13.5. The highest BCUT2D eigenvalue weighted by molar-refractivity contribution is 9.10. The molecule has 0 amide bonds. The van der Waals surface area contributed by atoms with Crippen molar-refractivity contribution in [3.63, 3.8) is 0 Å². The van der Waals surface area contributed by atoms with Gasteiger partial charge in [-0.2, -0.15) is 0 Å². The van der Waals surface area contributed by atoms with Crippen LogP contribution in [0.25, 0.3) is 0 Å². The summed E-state index contributed by atoms with van der Waals surface area (Å²) >= 11 is 5.13. The summed E-state index contributed by atoms with van der Waals surface area (Å²) in [5, 5.41) is 6.57. The van der Waals surface area contributed by atoms with E-state index in [-0.39, 0.29) is 0 Å². The monoisotopic (exact) mass is 340 g/mol. The predicted octanol–water partition coefficient (Wildman–Crippen LogP) is 3.61. The van der Waals surface area contributed by atoms with Crippen LogP contribution in [-0.2, 0) is 12.8 Å². The number of aryl methyl sites for hydroxylation is 2. The molecule has 0 fully saturated rings. The van der Waals surface area contributed by atoms with Crippen molar-refractivity contribution in [2.24, 2.45) is 0 Å². The SMILES string of the molecule is CCCc1nc(Br)cc(NCCc2nc(C)cs2)n1. The minimum Gasteiger partial charge on any atom is -0.370 e. The summed E-state index contributed by atoms with van der Waals surface area (Å²) in [6, 6.07) is 1.91. The van der Waals surface area contributed by atoms with E-state index in [1.54, 1.807) is 11.3 Å². The first-order valence-corrected chi connectivity index (χ1v) is 8.03. The minimum atomic E-state index is 0.832. The van der Waals surface area contributed by atoms with E-state index in [1.807, 2.05) is 13.0 Å². The van der Waals surface area contributed by atoms with Gasteiger partial charge in [0.25, 0.3) is 0 Å². The first-order chi connectivity index (χ1) is 9.17. The van der Waals surface area contributed by atoms with Crippen molar-refractivity contribution in [2.45, 2.75) is 33.1 Å². The number of halogens is 1. The molecule has 102 valence electrons. The standard InChI is InChI=1S/C13H17BrN4S/c1-3-4-11-17-10(14)7-12(18-11)15-6-5-13-16-9(2)8-19-13/h7-8H,3-6H2,1-2H3,(H,15,17,18). The summed E-state index contributed by atoms with van der Waals surface area (Å²) in [5.74, 6) is 1.75. The lowest BCUT2D eigenvalue weighted by molar-refractivity contribution is 0.827. The Morgan fingerprint density at radius 1 is 1.26 bits per heavy atom. The van der Waals surface area contributed by atoms with Gasteiger partial charge in [0.2, 0.25) is 0 Å². The normalized spacial score (nSPS) is 10.7. The molecule has 6 heteroatoms. The van der Waals surface area contributed by atoms with E-state index in [0.29, 0.717) is 0 Å². The number of thiazole rings is 1. The number of nitrogens with one attached hydrogen (secondary N) is 1. The van der Waals surface area contributed by atoms with E-state index in [2.05, 4.69) is 48.5 Å². The zero-order valence-electron chi connectivity index (χ0n) is 11.1. The number of anilines is 1. The summed E-state index contributed by atoms with van der Waals surface area (Å²) in [6.45, 7) is 4.98. The topological polar surface area (TPSA) is 50.7 Å². The summed E-state index contributed by atoms with van der Waals surface area (Å²) in [5.41, 5.74) is 1.09. The van der Waals surface area contributed by atoms with Crippen LogP contribution >= 0.6 is 27.3 Å². The quantitative estimate of drug-likeness (QED) is 0.816. The highest BCUT2D eigenvalue weighted by Crippen LogP contribution is 2.14. The number of aromatic nitrogens is 3. The van der Waals surface area contributed by atoms with Crippen molar-refractivity contribution in [2.75, 3.05) is 11.9 Å². The van der Waals surface area contributed by atoms with Crippen molar-refractivity contribution in [3.8, 4) is 0 Å². The van der Waals surface area contributed by atoms with Gasteiger partial charge in [-0.1, -0.05) is 6.92 Å². The van der Waals surface area contributed by atoms with Crippen LogP contribution in [0.5, 0.6) is 0 Å². The van der Waals surface area contributed by atoms with Crippen LogP contribution in [0.15, 0.2) is 16.0 Å². The molecule has 19 heavy (non-hydrogen) atoms. The highest BCUT2D eigenvalue weighted by atomic mass is 79.9. The zero-order chi connectivity index (χ0) is 13.7. The Labute approximate surface area is 125 Å². The molecule has 2 rings (SSSR count). The Morgan fingerprint density at radius 2 is 2.11 bits per heavy atom. The van der Waals surface area contributed by atoms with Crippen LogP contribution in [-0.4, -0.2) is 21.5 Å². The average molecular weight is 341 g/mol. The molecule has 0 saturated heterocycles. The molecule has 0 aliphatic rings. The third kappa shape index (κ3) is 4.54. The van der Waals surface area contributed by atoms with Gasteiger partial charge in [-0.25, -0.2) is 15.0 Å². The maximum absolute atomic E-state index is 4.49. The lowest BCUT2D eigenvalue weighted by atomic mass is 10.3. The Bertz CT molecular complexity index is 541. The number of nitrogens with zero attached hydrogens (tertiary/aromatic N) is 3. The van der Waals surface area contributed by atoms with Gasteiger partial charge >= 0.3 is 0 Å². The molecule has 0 aliphatic heterocycles. The van der Waals surface area contributed by atoms with E-state index in [4.69, 9.17) is 0 Å². The number of hydrogen-bond donors (Lipinski definition) is 1. The molecule has 2 heterocycles. The van der Waals surface area contributed by atoms with E-state index < -0.39 is 0 Å². The molecule has 0 aliphatic carbocycles. The molecule has 0 saturated carbocycles. The van der Waals surface area contributed by atoms with Crippen LogP contribution in [0.3, 0.4) is 0 Å². The molecule has 1 N–H and O–H groups in total. The first kappa shape index (κ1) is 14.4. The van der Waals surface area contributed by atoms with Crippen LogP contribution in [0.4, 0.5) is 5.82 Å². The average Bonchev–Trinajstić information content (AvgIpc) is 2.75. The molecule has 0 radical (unpaired) electrons. The van der Waals surface area contributed by atoms with Crippen LogP contribution in [0.1, 0.15) is 29.9 Å². The lowest BCUT2D eigenvalue weighted by Gasteiger charge is -2.06. The van der Waals surface area contributed by atoms with E-state index >= 15 is 0 Å². The second kappa shape index (κ2) is 6.96. The van der Waals surface area contributed by atoms with Crippen molar-refractivity contribution in [3.05, 3.63) is 32.6 Å². The molecule has 0 spiro atoms. The smallest absolute Gasteiger partial charge is 0.132 e. The third-order valence-electron chi connectivity index (χ3n) is 2.53. The summed E-state index contributed by atoms with van der Waals surface area (Å²) in [6.07, 6.45) is 2.87. The van der Waals surface area contributed by atoms with Crippen molar-refractivity contribution in [1.29, 1.82) is 0 Å². The minimum absolute atomic E-state index is 0.832. The van der Waals surface area contributed by atoms with E-state index in [1.165, 1.54) is 0 Å². The Kier molecular flexibility index (Phi) is 5.27. The fourth-order valence-corrected chi connectivity index (χ4v) is 2.90. The maximum Gasteiger partial charge on any atom is 0.132 e. The van der Waals surface area contributed by atoms with Crippen molar-refractivity contribution >= 4 is 33.1 Å². The first-order valence-electron chi connectivity index (χ1n) is 6.35. The second-order valence-corrected chi connectivity index (χ2v) is 6.06. The molecular weight excluding hydrogens is 324 g/mol. The third-order valence-corrected chi connectivity index (χ3v) is 3.96. The van der Waals surface area contributed by atoms with Crippen molar-refractivity contribution < 1.29 is 0 Å². The summed E-state index contributed by atoms with van der Waals surface area (Å²) in [7, 11) is 0. The molecule has 0 atom stereocenters.